The van der Waals surface area contributed by atoms with Crippen LogP contribution in [0.2, 0.25) is 0 Å². The Hall–Kier alpha value is -4.14. The van der Waals surface area contributed by atoms with E-state index >= 15 is 0 Å². The molecule has 5 rings (SSSR count). The summed E-state index contributed by atoms with van der Waals surface area (Å²) in [6.07, 6.45) is 1.50. The highest BCUT2D eigenvalue weighted by Crippen LogP contribution is 2.26. The molecule has 2 aromatic carbocycles. The molecule has 4 aromatic rings. The lowest BCUT2D eigenvalue weighted by Crippen LogP contribution is -2.50. The Morgan fingerprint density at radius 1 is 0.919 bits per heavy atom. The molecule has 2 aromatic heterocycles. The molecule has 9 heteroatoms. The van der Waals surface area contributed by atoms with Gasteiger partial charge in [-0.2, -0.15) is 0 Å². The summed E-state index contributed by atoms with van der Waals surface area (Å²) in [5.74, 6) is -1.28. The van der Waals surface area contributed by atoms with E-state index in [1.54, 1.807) is 59.7 Å². The fourth-order valence-corrected chi connectivity index (χ4v) is 4.72. The average Bonchev–Trinajstić information content (AvgIpc) is 3.45. The van der Waals surface area contributed by atoms with Crippen LogP contribution < -0.4 is 4.90 Å². The van der Waals surface area contributed by atoms with Crippen molar-refractivity contribution in [2.45, 2.75) is 26.5 Å². The highest BCUT2D eigenvalue weighted by Gasteiger charge is 2.26. The summed E-state index contributed by atoms with van der Waals surface area (Å²) >= 11 is 0. The second kappa shape index (κ2) is 10.1. The van der Waals surface area contributed by atoms with E-state index in [4.69, 9.17) is 4.74 Å². The minimum absolute atomic E-state index is 0.0425. The largest absolute Gasteiger partial charge is 0.458 e. The predicted octanol–water partition coefficient (Wildman–Crippen LogP) is 4.62. The van der Waals surface area contributed by atoms with Crippen LogP contribution in [0.4, 0.5) is 14.5 Å². The Labute approximate surface area is 213 Å². The molecule has 1 aliphatic rings. The van der Waals surface area contributed by atoms with Crippen LogP contribution in [-0.2, 0) is 16.1 Å². The van der Waals surface area contributed by atoms with Gasteiger partial charge in [0.25, 0.3) is 0 Å². The van der Waals surface area contributed by atoms with Crippen LogP contribution >= 0.6 is 0 Å². The topological polar surface area (TPSA) is 59.7 Å². The number of piperazine rings is 1. The Kier molecular flexibility index (Phi) is 6.69. The molecule has 0 spiro atoms. The summed E-state index contributed by atoms with van der Waals surface area (Å²) < 4.78 is 36.6. The first-order chi connectivity index (χ1) is 17.8. The first-order valence-electron chi connectivity index (χ1n) is 12.3. The molecule has 0 N–H and O–H groups in total. The molecule has 0 atom stereocenters. The fourth-order valence-electron chi connectivity index (χ4n) is 4.72. The van der Waals surface area contributed by atoms with Gasteiger partial charge in [0.05, 0.1) is 22.8 Å². The molecule has 0 saturated carbocycles. The quantitative estimate of drug-likeness (QED) is 0.358. The summed E-state index contributed by atoms with van der Waals surface area (Å²) in [5.41, 5.74) is 2.93. The van der Waals surface area contributed by atoms with Gasteiger partial charge >= 0.3 is 5.97 Å². The Balaban J connectivity index is 1.40. The molecule has 0 unspecified atom stereocenters. The number of anilines is 1. The van der Waals surface area contributed by atoms with Crippen molar-refractivity contribution >= 4 is 28.6 Å². The lowest BCUT2D eigenvalue weighted by Gasteiger charge is -2.36. The van der Waals surface area contributed by atoms with Crippen molar-refractivity contribution in [3.8, 4) is 5.69 Å². The lowest BCUT2D eigenvalue weighted by molar-refractivity contribution is -0.132. The van der Waals surface area contributed by atoms with Crippen molar-refractivity contribution in [2.75, 3.05) is 31.1 Å². The summed E-state index contributed by atoms with van der Waals surface area (Å²) in [5, 5.41) is 0. The molecule has 0 bridgehead atoms. The molecule has 0 aliphatic carbocycles. The molecule has 192 valence electrons. The number of aromatic nitrogens is 2. The highest BCUT2D eigenvalue weighted by molar-refractivity contribution is 5.96. The molecule has 0 radical (unpaired) electrons. The minimum Gasteiger partial charge on any atom is -0.458 e. The van der Waals surface area contributed by atoms with E-state index in [-0.39, 0.29) is 35.9 Å². The minimum atomic E-state index is -0.519. The fraction of sp³-hybridized carbons (Fsp3) is 0.286. The maximum Gasteiger partial charge on any atom is 0.355 e. The maximum atomic E-state index is 14.2. The van der Waals surface area contributed by atoms with Gasteiger partial charge in [0.1, 0.15) is 23.9 Å². The Bertz CT molecular complexity index is 1430. The van der Waals surface area contributed by atoms with Gasteiger partial charge in [-0.1, -0.05) is 12.1 Å². The number of halogens is 2. The molecule has 37 heavy (non-hydrogen) atoms. The van der Waals surface area contributed by atoms with E-state index in [1.807, 2.05) is 21.7 Å². The van der Waals surface area contributed by atoms with Crippen LogP contribution in [0.5, 0.6) is 0 Å². The molecule has 1 fully saturated rings. The third kappa shape index (κ3) is 4.94. The number of benzene rings is 2. The predicted molar refractivity (Wildman–Crippen MR) is 137 cm³/mol. The van der Waals surface area contributed by atoms with Gasteiger partial charge < -0.3 is 23.7 Å². The van der Waals surface area contributed by atoms with Gasteiger partial charge in [-0.15, -0.1) is 0 Å². The van der Waals surface area contributed by atoms with E-state index in [9.17, 15) is 18.4 Å². The van der Waals surface area contributed by atoms with Gasteiger partial charge in [-0.25, -0.2) is 13.6 Å². The number of ether oxygens (including phenoxy) is 1. The van der Waals surface area contributed by atoms with Crippen molar-refractivity contribution in [3.63, 3.8) is 0 Å². The maximum absolute atomic E-state index is 14.2. The zero-order valence-corrected chi connectivity index (χ0v) is 20.7. The molecule has 1 aliphatic heterocycles. The smallest absolute Gasteiger partial charge is 0.355 e. The second-order valence-corrected chi connectivity index (χ2v) is 9.32. The zero-order chi connectivity index (χ0) is 26.1. The van der Waals surface area contributed by atoms with Crippen LogP contribution in [0, 0.1) is 11.6 Å². The van der Waals surface area contributed by atoms with Crippen molar-refractivity contribution in [2.24, 2.45) is 0 Å². The van der Waals surface area contributed by atoms with Crippen molar-refractivity contribution in [3.05, 3.63) is 84.2 Å². The molecular weight excluding hydrogens is 478 g/mol. The van der Waals surface area contributed by atoms with Gasteiger partial charge in [0.15, 0.2) is 0 Å². The van der Waals surface area contributed by atoms with E-state index in [0.29, 0.717) is 42.9 Å². The van der Waals surface area contributed by atoms with E-state index < -0.39 is 5.97 Å². The summed E-state index contributed by atoms with van der Waals surface area (Å²) in [6.45, 7) is 5.40. The molecule has 7 nitrogen and oxygen atoms in total. The first kappa shape index (κ1) is 24.5. The average molecular weight is 507 g/mol. The normalized spacial score (nSPS) is 14.0. The number of rotatable bonds is 6. The molecule has 1 saturated heterocycles. The third-order valence-electron chi connectivity index (χ3n) is 6.53. The highest BCUT2D eigenvalue weighted by atomic mass is 19.1. The summed E-state index contributed by atoms with van der Waals surface area (Å²) in [7, 11) is 0. The number of nitrogens with zero attached hydrogens (tertiary/aromatic N) is 4. The number of para-hydroxylation sites is 1. The number of fused-ring (bicyclic) bond motifs is 1. The number of hydrogen-bond donors (Lipinski definition) is 0. The van der Waals surface area contributed by atoms with E-state index in [1.165, 1.54) is 18.2 Å². The SMILES string of the molecule is CC(C)OC(=O)c1cc2c(ccn2-c2ccc(F)cc2)n1CC(=O)N1CCN(c2ccccc2F)CC1. The Morgan fingerprint density at radius 3 is 2.30 bits per heavy atom. The second-order valence-electron chi connectivity index (χ2n) is 9.32. The number of esters is 1. The summed E-state index contributed by atoms with van der Waals surface area (Å²) in [4.78, 5) is 30.0. The van der Waals surface area contributed by atoms with Gasteiger partial charge in [0, 0.05) is 38.1 Å². The first-order valence-corrected chi connectivity index (χ1v) is 12.3. The third-order valence-corrected chi connectivity index (χ3v) is 6.53. The molecule has 1 amide bonds. The number of hydrogen-bond acceptors (Lipinski definition) is 4. The summed E-state index contributed by atoms with van der Waals surface area (Å²) in [6, 6.07) is 16.2. The monoisotopic (exact) mass is 506 g/mol. The standard InChI is InChI=1S/C28H28F2N4O3/c1-19(2)37-28(36)26-17-25-24(11-12-33(25)21-9-7-20(29)8-10-21)34(26)18-27(35)32-15-13-31(14-16-32)23-6-4-3-5-22(23)30/h3-12,17,19H,13-16,18H2,1-2H3. The van der Waals surface area contributed by atoms with Crippen LogP contribution in [0.25, 0.3) is 16.7 Å². The Morgan fingerprint density at radius 2 is 1.62 bits per heavy atom. The number of amides is 1. The van der Waals surface area contributed by atoms with Crippen molar-refractivity contribution in [1.82, 2.24) is 14.0 Å². The number of carbonyl (C=O) groups excluding carboxylic acids is 2. The van der Waals surface area contributed by atoms with Gasteiger partial charge in [-0.05, 0) is 62.4 Å². The van der Waals surface area contributed by atoms with Crippen molar-refractivity contribution in [1.29, 1.82) is 0 Å². The van der Waals surface area contributed by atoms with Crippen molar-refractivity contribution < 1.29 is 23.1 Å². The van der Waals surface area contributed by atoms with Crippen LogP contribution in [0.15, 0.2) is 66.9 Å². The number of carbonyl (C=O) groups is 2. The molecule has 3 heterocycles. The van der Waals surface area contributed by atoms with Crippen LogP contribution in [0.3, 0.4) is 0 Å². The van der Waals surface area contributed by atoms with Crippen LogP contribution in [0.1, 0.15) is 24.3 Å². The zero-order valence-electron chi connectivity index (χ0n) is 20.7. The lowest BCUT2D eigenvalue weighted by atomic mass is 10.2. The molecular formula is C28H28F2N4O3. The van der Waals surface area contributed by atoms with E-state index in [2.05, 4.69) is 0 Å². The van der Waals surface area contributed by atoms with E-state index in [0.717, 1.165) is 5.69 Å². The van der Waals surface area contributed by atoms with Gasteiger partial charge in [-0.3, -0.25) is 4.79 Å². The van der Waals surface area contributed by atoms with Gasteiger partial charge in [0.2, 0.25) is 5.91 Å². The van der Waals surface area contributed by atoms with Crippen LogP contribution in [-0.4, -0.2) is 58.2 Å².